The zero-order chi connectivity index (χ0) is 19.3. The van der Waals surface area contributed by atoms with Gasteiger partial charge < -0.3 is 15.1 Å². The van der Waals surface area contributed by atoms with E-state index in [4.69, 9.17) is 4.42 Å². The van der Waals surface area contributed by atoms with Crippen LogP contribution in [0.3, 0.4) is 0 Å². The summed E-state index contributed by atoms with van der Waals surface area (Å²) < 4.78 is 5.15. The average Bonchev–Trinajstić information content (AvgIpc) is 3.40. The first-order chi connectivity index (χ1) is 13.7. The molecule has 0 saturated carbocycles. The van der Waals surface area contributed by atoms with Crippen LogP contribution in [-0.2, 0) is 24.1 Å². The fourth-order valence-corrected chi connectivity index (χ4v) is 3.58. The second kappa shape index (κ2) is 8.13. The number of rotatable bonds is 6. The van der Waals surface area contributed by atoms with Gasteiger partial charge >= 0.3 is 0 Å². The van der Waals surface area contributed by atoms with Crippen molar-refractivity contribution in [2.75, 3.05) is 5.32 Å². The van der Waals surface area contributed by atoms with Crippen molar-refractivity contribution in [3.05, 3.63) is 89.4 Å². The van der Waals surface area contributed by atoms with Crippen LogP contribution in [-0.4, -0.2) is 17.9 Å². The fraction of sp³-hybridized carbons (Fsp3) is 0.217. The molecule has 5 nitrogen and oxygen atoms in total. The monoisotopic (exact) mass is 374 g/mol. The molecule has 1 aromatic heterocycles. The molecule has 0 saturated heterocycles. The van der Waals surface area contributed by atoms with E-state index in [1.807, 2.05) is 42.5 Å². The van der Waals surface area contributed by atoms with Crippen LogP contribution in [0.4, 0.5) is 5.69 Å². The van der Waals surface area contributed by atoms with E-state index >= 15 is 0 Å². The van der Waals surface area contributed by atoms with E-state index in [-0.39, 0.29) is 11.7 Å². The summed E-state index contributed by atoms with van der Waals surface area (Å²) in [7, 11) is 0. The van der Waals surface area contributed by atoms with E-state index in [1.54, 1.807) is 12.1 Å². The number of anilines is 1. The predicted molar refractivity (Wildman–Crippen MR) is 107 cm³/mol. The van der Waals surface area contributed by atoms with Gasteiger partial charge in [0.2, 0.25) is 5.91 Å². The van der Waals surface area contributed by atoms with Crippen LogP contribution in [0.25, 0.3) is 0 Å². The maximum atomic E-state index is 13.0. The molecule has 2 N–H and O–H groups in total. The highest BCUT2D eigenvalue weighted by atomic mass is 16.3. The Morgan fingerprint density at radius 3 is 2.57 bits per heavy atom. The van der Waals surface area contributed by atoms with Crippen molar-refractivity contribution in [2.24, 2.45) is 0 Å². The van der Waals surface area contributed by atoms with Crippen LogP contribution < -0.4 is 10.6 Å². The summed E-state index contributed by atoms with van der Waals surface area (Å²) in [6.45, 7) is 0. The molecule has 2 aromatic carbocycles. The minimum absolute atomic E-state index is 0.184. The number of amides is 2. The van der Waals surface area contributed by atoms with Crippen molar-refractivity contribution < 1.29 is 14.0 Å². The molecule has 142 valence electrons. The molecule has 3 aromatic rings. The van der Waals surface area contributed by atoms with E-state index in [1.165, 1.54) is 17.4 Å². The molecule has 1 heterocycles. The number of aryl methyl sites for hydroxylation is 2. The van der Waals surface area contributed by atoms with Gasteiger partial charge in [0.05, 0.1) is 6.26 Å². The number of nitrogens with one attached hydrogen (secondary N) is 2. The molecular formula is C23H22N2O3. The first-order valence-electron chi connectivity index (χ1n) is 9.50. The van der Waals surface area contributed by atoms with Crippen molar-refractivity contribution in [3.8, 4) is 0 Å². The van der Waals surface area contributed by atoms with Gasteiger partial charge in [0.25, 0.3) is 5.91 Å². The third-order valence-corrected chi connectivity index (χ3v) is 5.02. The summed E-state index contributed by atoms with van der Waals surface area (Å²) in [5.41, 5.74) is 4.37. The maximum Gasteiger partial charge on any atom is 0.287 e. The number of hydrogen-bond acceptors (Lipinski definition) is 3. The van der Waals surface area contributed by atoms with E-state index in [0.717, 1.165) is 30.5 Å². The average molecular weight is 374 g/mol. The molecule has 1 atom stereocenters. The molecule has 1 aliphatic carbocycles. The van der Waals surface area contributed by atoms with Crippen molar-refractivity contribution in [3.63, 3.8) is 0 Å². The zero-order valence-electron chi connectivity index (χ0n) is 15.5. The van der Waals surface area contributed by atoms with Crippen LogP contribution in [0.1, 0.15) is 33.7 Å². The summed E-state index contributed by atoms with van der Waals surface area (Å²) in [6, 6.07) is 18.2. The summed E-state index contributed by atoms with van der Waals surface area (Å²) in [5.74, 6) is -0.472. The minimum Gasteiger partial charge on any atom is -0.459 e. The van der Waals surface area contributed by atoms with Gasteiger partial charge in [0, 0.05) is 12.1 Å². The van der Waals surface area contributed by atoms with E-state index in [9.17, 15) is 9.59 Å². The van der Waals surface area contributed by atoms with E-state index < -0.39 is 11.9 Å². The SMILES string of the molecule is O=C(N[C@@H](Cc1ccccc1)C(=O)Nc1ccc2c(c1)CCC2)c1ccco1. The molecule has 5 heteroatoms. The van der Waals surface area contributed by atoms with Crippen molar-refractivity contribution >= 4 is 17.5 Å². The Morgan fingerprint density at radius 2 is 1.79 bits per heavy atom. The largest absolute Gasteiger partial charge is 0.459 e. The van der Waals surface area contributed by atoms with E-state index in [2.05, 4.69) is 16.7 Å². The second-order valence-corrected chi connectivity index (χ2v) is 7.02. The molecule has 4 rings (SSSR count). The Bertz CT molecular complexity index is 965. The lowest BCUT2D eigenvalue weighted by Crippen LogP contribution is -2.45. The first-order valence-corrected chi connectivity index (χ1v) is 9.50. The lowest BCUT2D eigenvalue weighted by molar-refractivity contribution is -0.118. The Hall–Kier alpha value is -3.34. The van der Waals surface area contributed by atoms with E-state index in [0.29, 0.717) is 6.42 Å². The molecule has 0 bridgehead atoms. The molecule has 0 fully saturated rings. The predicted octanol–water partition coefficient (Wildman–Crippen LogP) is 3.75. The molecular weight excluding hydrogens is 352 g/mol. The lowest BCUT2D eigenvalue weighted by Gasteiger charge is -2.18. The van der Waals surface area contributed by atoms with Gasteiger partial charge in [-0.05, 0) is 60.2 Å². The van der Waals surface area contributed by atoms with Crippen LogP contribution in [0.15, 0.2) is 71.3 Å². The Balaban J connectivity index is 1.51. The molecule has 0 spiro atoms. The van der Waals surface area contributed by atoms with Gasteiger partial charge in [0.15, 0.2) is 5.76 Å². The standard InChI is InChI=1S/C23H22N2O3/c26-22(24-19-12-11-17-8-4-9-18(17)15-19)20(14-16-6-2-1-3-7-16)25-23(27)21-10-5-13-28-21/h1-3,5-7,10-13,15,20H,4,8-9,14H2,(H,24,26)(H,25,27)/t20-/m0/s1. The summed E-state index contributed by atoms with van der Waals surface area (Å²) in [5, 5.41) is 5.75. The number of furan rings is 1. The number of benzene rings is 2. The summed E-state index contributed by atoms with van der Waals surface area (Å²) in [6.07, 6.45) is 5.12. The van der Waals surface area contributed by atoms with Gasteiger partial charge in [0.1, 0.15) is 6.04 Å². The number of fused-ring (bicyclic) bond motifs is 1. The van der Waals surface area contributed by atoms with Gasteiger partial charge in [-0.2, -0.15) is 0 Å². The number of carbonyl (C=O) groups excluding carboxylic acids is 2. The molecule has 28 heavy (non-hydrogen) atoms. The number of carbonyl (C=O) groups is 2. The van der Waals surface area contributed by atoms with Crippen LogP contribution >= 0.6 is 0 Å². The van der Waals surface area contributed by atoms with Crippen molar-refractivity contribution in [2.45, 2.75) is 31.7 Å². The summed E-state index contributed by atoms with van der Waals surface area (Å²) >= 11 is 0. The molecule has 1 aliphatic rings. The Morgan fingerprint density at radius 1 is 0.964 bits per heavy atom. The maximum absolute atomic E-state index is 13.0. The smallest absolute Gasteiger partial charge is 0.287 e. The molecule has 0 unspecified atom stereocenters. The molecule has 0 radical (unpaired) electrons. The first kappa shape index (κ1) is 18.0. The topological polar surface area (TPSA) is 71.3 Å². The van der Waals surface area contributed by atoms with Crippen molar-refractivity contribution in [1.82, 2.24) is 5.32 Å². The Kier molecular flexibility index (Phi) is 5.24. The summed E-state index contributed by atoms with van der Waals surface area (Å²) in [4.78, 5) is 25.4. The van der Waals surface area contributed by atoms with Gasteiger partial charge in [-0.3, -0.25) is 9.59 Å². The molecule has 0 aliphatic heterocycles. The Labute approximate surface area is 163 Å². The fourth-order valence-electron chi connectivity index (χ4n) is 3.58. The number of hydrogen-bond donors (Lipinski definition) is 2. The third kappa shape index (κ3) is 4.14. The highest BCUT2D eigenvalue weighted by Gasteiger charge is 2.23. The normalized spacial score (nSPS) is 13.6. The zero-order valence-corrected chi connectivity index (χ0v) is 15.5. The van der Waals surface area contributed by atoms with Crippen LogP contribution in [0.2, 0.25) is 0 Å². The highest BCUT2D eigenvalue weighted by Crippen LogP contribution is 2.25. The quantitative estimate of drug-likeness (QED) is 0.690. The minimum atomic E-state index is -0.715. The van der Waals surface area contributed by atoms with Crippen molar-refractivity contribution in [1.29, 1.82) is 0 Å². The van der Waals surface area contributed by atoms with Gasteiger partial charge in [-0.25, -0.2) is 0 Å². The molecule has 2 amide bonds. The van der Waals surface area contributed by atoms with Crippen LogP contribution in [0.5, 0.6) is 0 Å². The van der Waals surface area contributed by atoms with Gasteiger partial charge in [-0.1, -0.05) is 36.4 Å². The highest BCUT2D eigenvalue weighted by molar-refractivity contribution is 6.00. The third-order valence-electron chi connectivity index (χ3n) is 5.02. The van der Waals surface area contributed by atoms with Gasteiger partial charge in [-0.15, -0.1) is 0 Å². The second-order valence-electron chi connectivity index (χ2n) is 7.02. The van der Waals surface area contributed by atoms with Crippen LogP contribution in [0, 0.1) is 0 Å². The lowest BCUT2D eigenvalue weighted by atomic mass is 10.0.